The van der Waals surface area contributed by atoms with E-state index in [-0.39, 0.29) is 18.4 Å². The zero-order valence-corrected chi connectivity index (χ0v) is 12.7. The van der Waals surface area contributed by atoms with Crippen LogP contribution >= 0.6 is 0 Å². The van der Waals surface area contributed by atoms with E-state index >= 15 is 0 Å². The second-order valence-electron chi connectivity index (χ2n) is 5.25. The first kappa shape index (κ1) is 15.9. The Balaban J connectivity index is 2.11. The number of fused-ring (bicyclic) bond motifs is 1. The van der Waals surface area contributed by atoms with Crippen molar-refractivity contribution >= 4 is 16.1 Å². The minimum absolute atomic E-state index is 0.247. The van der Waals surface area contributed by atoms with Crippen LogP contribution in [-0.2, 0) is 32.6 Å². The van der Waals surface area contributed by atoms with Crippen LogP contribution in [0.2, 0.25) is 0 Å². The van der Waals surface area contributed by atoms with Crippen LogP contribution in [-0.4, -0.2) is 44.4 Å². The number of hydrogen-bond acceptors (Lipinski definition) is 5. The van der Waals surface area contributed by atoms with E-state index in [0.717, 1.165) is 16.0 Å². The molecule has 0 fully saturated rings. The number of quaternary nitrogens is 1. The molecule has 6 nitrogen and oxygen atoms in total. The summed E-state index contributed by atoms with van der Waals surface area (Å²) in [5.41, 5.74) is 2.27. The third-order valence-corrected chi connectivity index (χ3v) is 4.62. The Morgan fingerprint density at radius 3 is 2.67 bits per heavy atom. The largest absolute Gasteiger partial charge is 0.748 e. The molecule has 0 amide bonds. The van der Waals surface area contributed by atoms with Crippen molar-refractivity contribution in [1.29, 1.82) is 0 Å². The highest BCUT2D eigenvalue weighted by molar-refractivity contribution is 7.85. The van der Waals surface area contributed by atoms with Gasteiger partial charge in [-0.1, -0.05) is 24.3 Å². The Labute approximate surface area is 124 Å². The van der Waals surface area contributed by atoms with Gasteiger partial charge in [0.15, 0.2) is 6.04 Å². The molecule has 1 heterocycles. The minimum Gasteiger partial charge on any atom is -0.748 e. The molecule has 0 aliphatic carbocycles. The normalized spacial score (nSPS) is 21.6. The van der Waals surface area contributed by atoms with Crippen LogP contribution in [0.1, 0.15) is 17.5 Å². The number of benzene rings is 1. The molecule has 1 aliphatic heterocycles. The Kier molecular flexibility index (Phi) is 4.97. The summed E-state index contributed by atoms with van der Waals surface area (Å²) in [6.07, 6.45) is 0.819. The Hall–Kier alpha value is -1.44. The van der Waals surface area contributed by atoms with Crippen molar-refractivity contribution in [2.75, 3.05) is 19.4 Å². The number of methoxy groups -OCH3 is 1. The maximum atomic E-state index is 11.9. The Morgan fingerprint density at radius 2 is 2.05 bits per heavy atom. The first-order chi connectivity index (χ1) is 9.90. The predicted octanol–water partition coefficient (Wildman–Crippen LogP) is -0.895. The summed E-state index contributed by atoms with van der Waals surface area (Å²) >= 11 is 0. The summed E-state index contributed by atoms with van der Waals surface area (Å²) in [6.45, 7) is 1.09. The zero-order chi connectivity index (χ0) is 15.5. The smallest absolute Gasteiger partial charge is 0.365 e. The number of nitrogens with one attached hydrogen (secondary N) is 1. The molecule has 0 aromatic heterocycles. The first-order valence-corrected chi connectivity index (χ1v) is 8.41. The second-order valence-corrected chi connectivity index (χ2v) is 6.77. The molecule has 0 saturated heterocycles. The van der Waals surface area contributed by atoms with Crippen LogP contribution in [0.3, 0.4) is 0 Å². The lowest BCUT2D eigenvalue weighted by Gasteiger charge is -2.32. The Bertz CT molecular complexity index is 614. The minimum atomic E-state index is -4.21. The number of rotatable bonds is 5. The fourth-order valence-electron chi connectivity index (χ4n) is 2.79. The lowest BCUT2D eigenvalue weighted by atomic mass is 9.94. The van der Waals surface area contributed by atoms with E-state index in [1.165, 1.54) is 7.11 Å². The van der Waals surface area contributed by atoms with Gasteiger partial charge in [0, 0.05) is 24.2 Å². The van der Waals surface area contributed by atoms with Gasteiger partial charge in [-0.05, 0) is 5.56 Å². The number of ether oxygens (including phenoxy) is 1. The third-order valence-electron chi connectivity index (χ3n) is 3.83. The standard InChI is InChI=1S/C14H19NO5S/c1-20-14(16)13-9-11-5-2-3-6-12(11)10-15(13)7-4-8-21(17,18)19/h2-3,5-6,13H,4,7-10H2,1H3,(H,17,18,19)/t13-/m0/s1. The molecule has 0 saturated carbocycles. The van der Waals surface area contributed by atoms with Gasteiger partial charge in [-0.15, -0.1) is 0 Å². The van der Waals surface area contributed by atoms with Crippen molar-refractivity contribution in [1.82, 2.24) is 0 Å². The average Bonchev–Trinajstić information content (AvgIpc) is 2.44. The van der Waals surface area contributed by atoms with Crippen LogP contribution in [0.4, 0.5) is 0 Å². The van der Waals surface area contributed by atoms with E-state index in [1.54, 1.807) is 0 Å². The molecule has 0 bridgehead atoms. The summed E-state index contributed by atoms with van der Waals surface area (Å²) in [7, 11) is -2.86. The van der Waals surface area contributed by atoms with Gasteiger partial charge in [-0.2, -0.15) is 0 Å². The van der Waals surface area contributed by atoms with Crippen LogP contribution in [0.5, 0.6) is 0 Å². The molecule has 0 radical (unpaired) electrons. The van der Waals surface area contributed by atoms with E-state index < -0.39 is 15.9 Å². The van der Waals surface area contributed by atoms with E-state index in [2.05, 4.69) is 0 Å². The Morgan fingerprint density at radius 1 is 1.38 bits per heavy atom. The molecule has 0 spiro atoms. The van der Waals surface area contributed by atoms with Crippen molar-refractivity contribution in [3.63, 3.8) is 0 Å². The summed E-state index contributed by atoms with van der Waals surface area (Å²) in [5.74, 6) is -0.698. The van der Waals surface area contributed by atoms with Gasteiger partial charge in [0.1, 0.15) is 6.54 Å². The fraction of sp³-hybridized carbons (Fsp3) is 0.500. The van der Waals surface area contributed by atoms with Gasteiger partial charge in [-0.3, -0.25) is 0 Å². The van der Waals surface area contributed by atoms with Crippen molar-refractivity contribution in [2.24, 2.45) is 0 Å². The second kappa shape index (κ2) is 6.55. The number of esters is 1. The molecule has 1 aromatic rings. The van der Waals surface area contributed by atoms with Crippen LogP contribution in [0, 0.1) is 0 Å². The van der Waals surface area contributed by atoms with E-state index in [1.807, 2.05) is 24.3 Å². The van der Waals surface area contributed by atoms with Gasteiger partial charge in [0.05, 0.1) is 23.8 Å². The number of hydrogen-bond donors (Lipinski definition) is 1. The van der Waals surface area contributed by atoms with Gasteiger partial charge in [-0.25, -0.2) is 13.2 Å². The summed E-state index contributed by atoms with van der Waals surface area (Å²) < 4.78 is 36.9. The van der Waals surface area contributed by atoms with Crippen LogP contribution in [0.15, 0.2) is 24.3 Å². The third kappa shape index (κ3) is 4.26. The molecular formula is C14H19NO5S. The molecule has 21 heavy (non-hydrogen) atoms. The molecule has 1 N–H and O–H groups in total. The quantitative estimate of drug-likeness (QED) is 0.562. The molecule has 1 aliphatic rings. The highest BCUT2D eigenvalue weighted by atomic mass is 32.2. The van der Waals surface area contributed by atoms with Crippen molar-refractivity contribution in [3.8, 4) is 0 Å². The maximum Gasteiger partial charge on any atom is 0.365 e. The van der Waals surface area contributed by atoms with Gasteiger partial charge in [0.2, 0.25) is 0 Å². The number of carbonyl (C=O) groups excluding carboxylic acids is 1. The van der Waals surface area contributed by atoms with Crippen molar-refractivity contribution < 1.29 is 27.4 Å². The first-order valence-electron chi connectivity index (χ1n) is 6.83. The molecular weight excluding hydrogens is 294 g/mol. The fourth-order valence-corrected chi connectivity index (χ4v) is 3.29. The average molecular weight is 313 g/mol. The molecule has 116 valence electrons. The lowest BCUT2D eigenvalue weighted by molar-refractivity contribution is -0.932. The topological polar surface area (TPSA) is 87.9 Å². The molecule has 2 atom stereocenters. The van der Waals surface area contributed by atoms with Crippen LogP contribution < -0.4 is 4.90 Å². The molecule has 2 rings (SSSR count). The van der Waals surface area contributed by atoms with Crippen molar-refractivity contribution in [3.05, 3.63) is 35.4 Å². The molecule has 1 aromatic carbocycles. The summed E-state index contributed by atoms with van der Waals surface area (Å²) in [6, 6.07) is 7.52. The van der Waals surface area contributed by atoms with Gasteiger partial charge < -0.3 is 14.2 Å². The van der Waals surface area contributed by atoms with Gasteiger partial charge in [0.25, 0.3) is 0 Å². The van der Waals surface area contributed by atoms with E-state index in [4.69, 9.17) is 4.74 Å². The van der Waals surface area contributed by atoms with E-state index in [0.29, 0.717) is 19.5 Å². The molecule has 7 heteroatoms. The monoisotopic (exact) mass is 313 g/mol. The SMILES string of the molecule is COC(=O)[C@@H]1Cc2ccccc2C[NH+]1CCCS(=O)(=O)[O-]. The van der Waals surface area contributed by atoms with Crippen molar-refractivity contribution in [2.45, 2.75) is 25.4 Å². The number of carbonyl (C=O) groups is 1. The maximum absolute atomic E-state index is 11.9. The van der Waals surface area contributed by atoms with E-state index in [9.17, 15) is 17.8 Å². The lowest BCUT2D eigenvalue weighted by Crippen LogP contribution is -3.16. The highest BCUT2D eigenvalue weighted by Crippen LogP contribution is 2.14. The summed E-state index contributed by atoms with van der Waals surface area (Å²) in [4.78, 5) is 12.9. The zero-order valence-electron chi connectivity index (χ0n) is 11.9. The highest BCUT2D eigenvalue weighted by Gasteiger charge is 2.35. The van der Waals surface area contributed by atoms with Crippen LogP contribution in [0.25, 0.3) is 0 Å². The summed E-state index contributed by atoms with van der Waals surface area (Å²) in [5, 5.41) is 0. The predicted molar refractivity (Wildman–Crippen MR) is 74.7 cm³/mol. The molecule has 1 unspecified atom stereocenters. The van der Waals surface area contributed by atoms with Gasteiger partial charge >= 0.3 is 5.97 Å².